The molecule has 0 amide bonds. The summed E-state index contributed by atoms with van der Waals surface area (Å²) < 4.78 is 11.7. The minimum absolute atomic E-state index is 0.367. The van der Waals surface area contributed by atoms with Crippen LogP contribution in [0.3, 0.4) is 0 Å². The van der Waals surface area contributed by atoms with Gasteiger partial charge in [0, 0.05) is 19.1 Å². The van der Waals surface area contributed by atoms with Crippen LogP contribution in [0, 0.1) is 0 Å². The van der Waals surface area contributed by atoms with Gasteiger partial charge in [-0.25, -0.2) is 0 Å². The molecular formula is C14H28N2O2. The molecule has 0 aliphatic carbocycles. The standard InChI is InChI=1S/C14H28N2O2/c1-3-13-11-18-12(2)10-16(13)8-9-17-14-4-6-15-7-5-14/h12-15H,3-11H2,1-2H3. The number of rotatable bonds is 5. The Morgan fingerprint density at radius 1 is 1.33 bits per heavy atom. The summed E-state index contributed by atoms with van der Waals surface area (Å²) in [7, 11) is 0. The van der Waals surface area contributed by atoms with Gasteiger partial charge in [0.25, 0.3) is 0 Å². The van der Waals surface area contributed by atoms with E-state index >= 15 is 0 Å². The van der Waals surface area contributed by atoms with Crippen molar-refractivity contribution < 1.29 is 9.47 Å². The molecule has 4 nitrogen and oxygen atoms in total. The van der Waals surface area contributed by atoms with Crippen LogP contribution in [0.4, 0.5) is 0 Å². The maximum absolute atomic E-state index is 5.99. The van der Waals surface area contributed by atoms with Crippen LogP contribution in [0.5, 0.6) is 0 Å². The maximum Gasteiger partial charge on any atom is 0.0674 e. The van der Waals surface area contributed by atoms with Gasteiger partial charge in [0.05, 0.1) is 25.4 Å². The number of piperidine rings is 1. The van der Waals surface area contributed by atoms with Crippen LogP contribution in [-0.4, -0.2) is 62.5 Å². The number of hydrogen-bond donors (Lipinski definition) is 1. The van der Waals surface area contributed by atoms with Gasteiger partial charge in [-0.15, -0.1) is 0 Å². The number of hydrogen-bond acceptors (Lipinski definition) is 4. The van der Waals surface area contributed by atoms with Crippen LogP contribution in [-0.2, 0) is 9.47 Å². The SMILES string of the molecule is CCC1COC(C)CN1CCOC1CCNCC1. The quantitative estimate of drug-likeness (QED) is 0.803. The lowest BCUT2D eigenvalue weighted by Gasteiger charge is -2.38. The third-order valence-corrected chi connectivity index (χ3v) is 4.07. The van der Waals surface area contributed by atoms with E-state index in [0.29, 0.717) is 18.2 Å². The molecule has 2 rings (SSSR count). The summed E-state index contributed by atoms with van der Waals surface area (Å²) in [6.45, 7) is 10.5. The van der Waals surface area contributed by atoms with Crippen LogP contribution in [0.25, 0.3) is 0 Å². The highest BCUT2D eigenvalue weighted by molar-refractivity contribution is 4.77. The third-order valence-electron chi connectivity index (χ3n) is 4.07. The molecular weight excluding hydrogens is 228 g/mol. The van der Waals surface area contributed by atoms with Crippen molar-refractivity contribution in [2.45, 2.75) is 51.4 Å². The summed E-state index contributed by atoms with van der Waals surface area (Å²) in [5, 5.41) is 3.37. The zero-order valence-corrected chi connectivity index (χ0v) is 11.9. The van der Waals surface area contributed by atoms with Gasteiger partial charge in [0.1, 0.15) is 0 Å². The minimum Gasteiger partial charge on any atom is -0.377 e. The van der Waals surface area contributed by atoms with Gasteiger partial charge in [0.2, 0.25) is 0 Å². The molecule has 2 heterocycles. The van der Waals surface area contributed by atoms with Gasteiger partial charge in [-0.3, -0.25) is 4.90 Å². The lowest BCUT2D eigenvalue weighted by molar-refractivity contribution is -0.0692. The minimum atomic E-state index is 0.367. The molecule has 2 aliphatic heterocycles. The van der Waals surface area contributed by atoms with E-state index in [-0.39, 0.29) is 0 Å². The van der Waals surface area contributed by atoms with Gasteiger partial charge in [-0.2, -0.15) is 0 Å². The van der Waals surface area contributed by atoms with Crippen LogP contribution in [0.1, 0.15) is 33.1 Å². The maximum atomic E-state index is 5.99. The van der Waals surface area contributed by atoms with Crippen LogP contribution >= 0.6 is 0 Å². The van der Waals surface area contributed by atoms with E-state index < -0.39 is 0 Å². The van der Waals surface area contributed by atoms with Crippen LogP contribution in [0.15, 0.2) is 0 Å². The Morgan fingerprint density at radius 3 is 2.83 bits per heavy atom. The van der Waals surface area contributed by atoms with Gasteiger partial charge in [0.15, 0.2) is 0 Å². The Labute approximate surface area is 111 Å². The number of morpholine rings is 1. The Bertz CT molecular complexity index is 232. The Balaban J connectivity index is 1.67. The average Bonchev–Trinajstić information content (AvgIpc) is 2.40. The number of nitrogens with zero attached hydrogens (tertiary/aromatic N) is 1. The zero-order valence-electron chi connectivity index (χ0n) is 11.9. The molecule has 4 heteroatoms. The molecule has 0 aromatic rings. The fourth-order valence-corrected chi connectivity index (χ4v) is 2.86. The number of nitrogens with one attached hydrogen (secondary N) is 1. The van der Waals surface area contributed by atoms with E-state index in [9.17, 15) is 0 Å². The summed E-state index contributed by atoms with van der Waals surface area (Å²) in [6, 6.07) is 0.581. The summed E-state index contributed by atoms with van der Waals surface area (Å²) in [4.78, 5) is 2.54. The molecule has 2 saturated heterocycles. The first-order chi connectivity index (χ1) is 8.79. The smallest absolute Gasteiger partial charge is 0.0674 e. The van der Waals surface area contributed by atoms with E-state index in [2.05, 4.69) is 24.1 Å². The summed E-state index contributed by atoms with van der Waals surface area (Å²) in [6.07, 6.45) is 4.34. The molecule has 106 valence electrons. The molecule has 0 aromatic heterocycles. The van der Waals surface area contributed by atoms with E-state index in [1.165, 1.54) is 6.42 Å². The summed E-state index contributed by atoms with van der Waals surface area (Å²) in [5.74, 6) is 0. The van der Waals surface area contributed by atoms with Gasteiger partial charge in [-0.1, -0.05) is 6.92 Å². The van der Waals surface area contributed by atoms with Crippen molar-refractivity contribution in [1.29, 1.82) is 0 Å². The zero-order chi connectivity index (χ0) is 12.8. The van der Waals surface area contributed by atoms with Crippen LogP contribution < -0.4 is 5.32 Å². The lowest BCUT2D eigenvalue weighted by Crippen LogP contribution is -2.49. The molecule has 2 atom stereocenters. The number of ether oxygens (including phenoxy) is 2. The second-order valence-corrected chi connectivity index (χ2v) is 5.52. The predicted molar refractivity (Wildman–Crippen MR) is 72.9 cm³/mol. The average molecular weight is 256 g/mol. The van der Waals surface area contributed by atoms with Gasteiger partial charge >= 0.3 is 0 Å². The van der Waals surface area contributed by atoms with Crippen molar-refractivity contribution >= 4 is 0 Å². The summed E-state index contributed by atoms with van der Waals surface area (Å²) in [5.41, 5.74) is 0. The largest absolute Gasteiger partial charge is 0.377 e. The van der Waals surface area contributed by atoms with E-state index in [1.54, 1.807) is 0 Å². The molecule has 0 spiro atoms. The molecule has 2 fully saturated rings. The first kappa shape index (κ1) is 14.3. The van der Waals surface area contributed by atoms with Crippen molar-refractivity contribution in [1.82, 2.24) is 10.2 Å². The first-order valence-corrected chi connectivity index (χ1v) is 7.47. The van der Waals surface area contributed by atoms with Crippen molar-refractivity contribution in [2.75, 3.05) is 39.4 Å². The molecule has 0 bridgehead atoms. The predicted octanol–water partition coefficient (Wildman–Crippen LogP) is 1.25. The Hall–Kier alpha value is -0.160. The molecule has 0 saturated carbocycles. The first-order valence-electron chi connectivity index (χ1n) is 7.47. The molecule has 2 aliphatic rings. The molecule has 0 aromatic carbocycles. The molecule has 2 unspecified atom stereocenters. The lowest BCUT2D eigenvalue weighted by atomic mass is 10.1. The fraction of sp³-hybridized carbons (Fsp3) is 1.00. The second kappa shape index (κ2) is 7.43. The molecule has 18 heavy (non-hydrogen) atoms. The second-order valence-electron chi connectivity index (χ2n) is 5.52. The normalized spacial score (nSPS) is 31.7. The van der Waals surface area contributed by atoms with Crippen LogP contribution in [0.2, 0.25) is 0 Å². The van der Waals surface area contributed by atoms with E-state index in [0.717, 1.165) is 52.2 Å². The fourth-order valence-electron chi connectivity index (χ4n) is 2.86. The highest BCUT2D eigenvalue weighted by Gasteiger charge is 2.25. The van der Waals surface area contributed by atoms with Crippen molar-refractivity contribution in [3.8, 4) is 0 Å². The van der Waals surface area contributed by atoms with Crippen molar-refractivity contribution in [3.63, 3.8) is 0 Å². The van der Waals surface area contributed by atoms with Crippen molar-refractivity contribution in [3.05, 3.63) is 0 Å². The Kier molecular flexibility index (Phi) is 5.89. The van der Waals surface area contributed by atoms with E-state index in [1.807, 2.05) is 0 Å². The topological polar surface area (TPSA) is 33.7 Å². The third kappa shape index (κ3) is 4.19. The molecule has 1 N–H and O–H groups in total. The van der Waals surface area contributed by atoms with Crippen molar-refractivity contribution in [2.24, 2.45) is 0 Å². The Morgan fingerprint density at radius 2 is 2.11 bits per heavy atom. The molecule has 0 radical (unpaired) electrons. The monoisotopic (exact) mass is 256 g/mol. The van der Waals surface area contributed by atoms with E-state index in [4.69, 9.17) is 9.47 Å². The summed E-state index contributed by atoms with van der Waals surface area (Å²) >= 11 is 0. The van der Waals surface area contributed by atoms with Gasteiger partial charge in [-0.05, 0) is 39.3 Å². The van der Waals surface area contributed by atoms with Gasteiger partial charge < -0.3 is 14.8 Å². The highest BCUT2D eigenvalue weighted by atomic mass is 16.5. The highest BCUT2D eigenvalue weighted by Crippen LogP contribution is 2.14.